The molecule has 0 amide bonds. The fraction of sp³-hybridized carbons (Fsp3) is 0.385. The fourth-order valence-corrected chi connectivity index (χ4v) is 1.84. The lowest BCUT2D eigenvalue weighted by atomic mass is 10.1. The molecule has 0 atom stereocenters. The predicted molar refractivity (Wildman–Crippen MR) is 62.5 cm³/mol. The van der Waals surface area contributed by atoms with E-state index >= 15 is 0 Å². The highest BCUT2D eigenvalue weighted by Gasteiger charge is 2.23. The van der Waals surface area contributed by atoms with Crippen molar-refractivity contribution in [3.63, 3.8) is 0 Å². The molecule has 16 heavy (non-hydrogen) atoms. The summed E-state index contributed by atoms with van der Waals surface area (Å²) in [7, 11) is 2.00. The quantitative estimate of drug-likeness (QED) is 0.722. The maximum atomic E-state index is 10.6. The molecular weight excluding hydrogens is 200 g/mol. The van der Waals surface area contributed by atoms with Crippen LogP contribution in [0.1, 0.15) is 28.8 Å². The Hall–Kier alpha value is -1.82. The van der Waals surface area contributed by atoms with Crippen LogP contribution >= 0.6 is 0 Å². The molecule has 0 spiro atoms. The normalized spacial score (nSPS) is 14.2. The first-order chi connectivity index (χ1) is 7.74. The molecule has 0 N–H and O–H groups in total. The van der Waals surface area contributed by atoms with Crippen LogP contribution in [0.2, 0.25) is 0 Å². The zero-order valence-electron chi connectivity index (χ0n) is 9.31. The summed E-state index contributed by atoms with van der Waals surface area (Å²) in [4.78, 5) is 12.7. The van der Waals surface area contributed by atoms with E-state index in [-0.39, 0.29) is 0 Å². The summed E-state index contributed by atoms with van der Waals surface area (Å²) in [6.07, 6.45) is 3.35. The van der Waals surface area contributed by atoms with Crippen molar-refractivity contribution < 1.29 is 4.79 Å². The van der Waals surface area contributed by atoms with Gasteiger partial charge in [0.1, 0.15) is 12.4 Å². The van der Waals surface area contributed by atoms with Gasteiger partial charge in [0.2, 0.25) is 0 Å². The molecule has 1 saturated carbocycles. The highest BCUT2D eigenvalue weighted by atomic mass is 16.1. The Kier molecular flexibility index (Phi) is 2.91. The maximum Gasteiger partial charge on any atom is 0.150 e. The van der Waals surface area contributed by atoms with Crippen molar-refractivity contribution in [1.82, 2.24) is 0 Å². The Bertz CT molecular complexity index is 444. The lowest BCUT2D eigenvalue weighted by Gasteiger charge is -2.20. The molecule has 0 heterocycles. The molecule has 0 radical (unpaired) electrons. The molecular formula is C13H14N2O. The van der Waals surface area contributed by atoms with Gasteiger partial charge >= 0.3 is 0 Å². The molecule has 1 aromatic carbocycles. The SMILES string of the molecule is CN(CC1CC1)c1ccc(C=O)cc1C#N. The number of carbonyl (C=O) groups is 1. The molecule has 0 aromatic heterocycles. The third-order valence-electron chi connectivity index (χ3n) is 2.92. The van der Waals surface area contributed by atoms with Crippen molar-refractivity contribution in [3.05, 3.63) is 29.3 Å². The van der Waals surface area contributed by atoms with Crippen LogP contribution < -0.4 is 4.90 Å². The van der Waals surface area contributed by atoms with Crippen LogP contribution in [-0.4, -0.2) is 19.9 Å². The highest BCUT2D eigenvalue weighted by molar-refractivity contribution is 5.78. The molecule has 0 aliphatic heterocycles. The van der Waals surface area contributed by atoms with Crippen molar-refractivity contribution in [1.29, 1.82) is 5.26 Å². The number of aldehydes is 1. The van der Waals surface area contributed by atoms with E-state index in [0.717, 1.165) is 24.4 Å². The first-order valence-corrected chi connectivity index (χ1v) is 5.45. The Morgan fingerprint density at radius 1 is 1.56 bits per heavy atom. The second-order valence-corrected chi connectivity index (χ2v) is 4.33. The van der Waals surface area contributed by atoms with E-state index in [4.69, 9.17) is 5.26 Å². The average Bonchev–Trinajstić information content (AvgIpc) is 3.11. The molecule has 1 aliphatic rings. The lowest BCUT2D eigenvalue weighted by Crippen LogP contribution is -2.20. The van der Waals surface area contributed by atoms with Gasteiger partial charge in [0, 0.05) is 19.2 Å². The van der Waals surface area contributed by atoms with Crippen molar-refractivity contribution in [2.75, 3.05) is 18.5 Å². The van der Waals surface area contributed by atoms with Crippen LogP contribution in [0, 0.1) is 17.2 Å². The second-order valence-electron chi connectivity index (χ2n) is 4.33. The number of nitrogens with zero attached hydrogens (tertiary/aromatic N) is 2. The molecule has 1 fully saturated rings. The highest BCUT2D eigenvalue weighted by Crippen LogP contribution is 2.31. The van der Waals surface area contributed by atoms with E-state index in [2.05, 4.69) is 11.0 Å². The molecule has 0 bridgehead atoms. The van der Waals surface area contributed by atoms with Gasteiger partial charge in [0.05, 0.1) is 11.3 Å². The summed E-state index contributed by atoms with van der Waals surface area (Å²) in [6, 6.07) is 7.40. The van der Waals surface area contributed by atoms with E-state index in [1.165, 1.54) is 12.8 Å². The number of carbonyl (C=O) groups excluding carboxylic acids is 1. The summed E-state index contributed by atoms with van der Waals surface area (Å²) in [6.45, 7) is 0.995. The maximum absolute atomic E-state index is 10.6. The van der Waals surface area contributed by atoms with Gasteiger partial charge in [-0.3, -0.25) is 4.79 Å². The molecule has 0 saturated heterocycles. The summed E-state index contributed by atoms with van der Waals surface area (Å²) in [5.74, 6) is 0.780. The fourth-order valence-electron chi connectivity index (χ4n) is 1.84. The van der Waals surface area contributed by atoms with Gasteiger partial charge in [-0.15, -0.1) is 0 Å². The van der Waals surface area contributed by atoms with Gasteiger partial charge in [0.25, 0.3) is 0 Å². The molecule has 1 aliphatic carbocycles. The zero-order chi connectivity index (χ0) is 11.5. The van der Waals surface area contributed by atoms with Gasteiger partial charge in [0.15, 0.2) is 0 Å². The number of benzene rings is 1. The summed E-state index contributed by atoms with van der Waals surface area (Å²) >= 11 is 0. The lowest BCUT2D eigenvalue weighted by molar-refractivity contribution is 0.112. The van der Waals surface area contributed by atoms with Gasteiger partial charge in [-0.25, -0.2) is 0 Å². The zero-order valence-corrected chi connectivity index (χ0v) is 9.31. The topological polar surface area (TPSA) is 44.1 Å². The number of anilines is 1. The van der Waals surface area contributed by atoms with Crippen LogP contribution in [0.3, 0.4) is 0 Å². The first kappa shape index (κ1) is 10.7. The summed E-state index contributed by atoms with van der Waals surface area (Å²) in [5, 5.41) is 9.04. The Labute approximate surface area is 95.3 Å². The smallest absolute Gasteiger partial charge is 0.150 e. The Balaban J connectivity index is 2.24. The molecule has 2 rings (SSSR count). The first-order valence-electron chi connectivity index (χ1n) is 5.45. The number of hydrogen-bond donors (Lipinski definition) is 0. The largest absolute Gasteiger partial charge is 0.373 e. The van der Waals surface area contributed by atoms with E-state index in [1.807, 2.05) is 13.1 Å². The second kappa shape index (κ2) is 4.36. The van der Waals surface area contributed by atoms with Crippen LogP contribution in [-0.2, 0) is 0 Å². The standard InChI is InChI=1S/C13H14N2O/c1-15(8-10-2-3-10)13-5-4-11(9-16)6-12(13)7-14/h4-6,9-10H,2-3,8H2,1H3. The van der Waals surface area contributed by atoms with E-state index in [0.29, 0.717) is 11.1 Å². The van der Waals surface area contributed by atoms with Gasteiger partial charge in [-0.1, -0.05) is 0 Å². The molecule has 1 aromatic rings. The van der Waals surface area contributed by atoms with Crippen LogP contribution in [0.25, 0.3) is 0 Å². The third-order valence-corrected chi connectivity index (χ3v) is 2.92. The van der Waals surface area contributed by atoms with E-state index in [9.17, 15) is 4.79 Å². The van der Waals surface area contributed by atoms with Gasteiger partial charge < -0.3 is 4.90 Å². The summed E-state index contributed by atoms with van der Waals surface area (Å²) in [5.41, 5.74) is 2.05. The molecule has 3 nitrogen and oxygen atoms in total. The number of hydrogen-bond acceptors (Lipinski definition) is 3. The van der Waals surface area contributed by atoms with E-state index < -0.39 is 0 Å². The van der Waals surface area contributed by atoms with E-state index in [1.54, 1.807) is 12.1 Å². The van der Waals surface area contributed by atoms with Gasteiger partial charge in [-0.05, 0) is 37.0 Å². The average molecular weight is 214 g/mol. The Morgan fingerprint density at radius 3 is 2.88 bits per heavy atom. The van der Waals surface area contributed by atoms with Crippen LogP contribution in [0.4, 0.5) is 5.69 Å². The van der Waals surface area contributed by atoms with Crippen LogP contribution in [0.5, 0.6) is 0 Å². The van der Waals surface area contributed by atoms with Crippen molar-refractivity contribution in [2.45, 2.75) is 12.8 Å². The minimum atomic E-state index is 0.556. The molecule has 3 heteroatoms. The van der Waals surface area contributed by atoms with Gasteiger partial charge in [-0.2, -0.15) is 5.26 Å². The molecule has 0 unspecified atom stereocenters. The van der Waals surface area contributed by atoms with Crippen molar-refractivity contribution in [3.8, 4) is 6.07 Å². The predicted octanol–water partition coefficient (Wildman–Crippen LogP) is 2.22. The molecule has 82 valence electrons. The Morgan fingerprint density at radius 2 is 2.31 bits per heavy atom. The summed E-state index contributed by atoms with van der Waals surface area (Å²) < 4.78 is 0. The monoisotopic (exact) mass is 214 g/mol. The number of rotatable bonds is 4. The third kappa shape index (κ3) is 2.22. The van der Waals surface area contributed by atoms with Crippen molar-refractivity contribution >= 4 is 12.0 Å². The minimum absolute atomic E-state index is 0.556. The van der Waals surface area contributed by atoms with Crippen LogP contribution in [0.15, 0.2) is 18.2 Å². The minimum Gasteiger partial charge on any atom is -0.373 e. The number of nitriles is 1. The van der Waals surface area contributed by atoms with Crippen molar-refractivity contribution in [2.24, 2.45) is 5.92 Å².